The smallest absolute Gasteiger partial charge is 0.319 e. The maximum absolute atomic E-state index is 13.4. The van der Waals surface area contributed by atoms with Gasteiger partial charge in [0.25, 0.3) is 0 Å². The van der Waals surface area contributed by atoms with E-state index in [4.69, 9.17) is 0 Å². The van der Waals surface area contributed by atoms with Gasteiger partial charge in [-0.25, -0.2) is 9.02 Å². The zero-order valence-electron chi connectivity index (χ0n) is 15.5. The molecule has 0 bridgehead atoms. The summed E-state index contributed by atoms with van der Waals surface area (Å²) in [4.78, 5) is 0.707. The van der Waals surface area contributed by atoms with Gasteiger partial charge >= 0.3 is 10.2 Å². The summed E-state index contributed by atoms with van der Waals surface area (Å²) in [5.74, 6) is -0.480. The lowest BCUT2D eigenvalue weighted by Gasteiger charge is -2.08. The molecule has 2 aromatic heterocycles. The third-order valence-corrected chi connectivity index (χ3v) is 5.93. The average molecular weight is 532 g/mol. The van der Waals surface area contributed by atoms with Crippen molar-refractivity contribution in [2.45, 2.75) is 0 Å². The van der Waals surface area contributed by atoms with E-state index < -0.39 is 16.0 Å². The van der Waals surface area contributed by atoms with Crippen molar-refractivity contribution in [3.8, 4) is 0 Å². The minimum absolute atomic E-state index is 0.0135. The van der Waals surface area contributed by atoms with Gasteiger partial charge in [-0.1, -0.05) is 11.2 Å². The van der Waals surface area contributed by atoms with Crippen molar-refractivity contribution < 1.29 is 22.6 Å². The first-order valence-corrected chi connectivity index (χ1v) is 11.6. The molecule has 0 amide bonds. The zero-order valence-corrected chi connectivity index (χ0v) is 18.7. The molecule has 0 aliphatic heterocycles. The van der Waals surface area contributed by atoms with Crippen LogP contribution in [-0.2, 0) is 10.2 Å². The van der Waals surface area contributed by atoms with Crippen LogP contribution in [-0.4, -0.2) is 49.1 Å². The number of hydrogen-bond acceptors (Lipinski definition) is 9. The Morgan fingerprint density at radius 3 is 2.87 bits per heavy atom. The fourth-order valence-corrected chi connectivity index (χ4v) is 3.90. The standard InChI is InChI=1S/C16H15BrFN7O4S2/c17-12-8-10(3-4-13(12)18)22-16(23-26)14-15(25-29-24-14)19-5-6-20-31(27,28)21-9-11-2-1-7-30-11/h1-4,7-9,20,26H,5-6H2,(H,19,25)(H,22,23)/b21-9+. The lowest BCUT2D eigenvalue weighted by molar-refractivity contribution is 0.305. The molecule has 3 rings (SSSR count). The number of thiophene rings is 1. The maximum Gasteiger partial charge on any atom is 0.319 e. The average Bonchev–Trinajstić information content (AvgIpc) is 3.43. The van der Waals surface area contributed by atoms with E-state index in [9.17, 15) is 18.0 Å². The first-order chi connectivity index (χ1) is 14.9. The summed E-state index contributed by atoms with van der Waals surface area (Å²) in [5.41, 5.74) is 0.438. The second kappa shape index (κ2) is 10.4. The molecule has 11 nitrogen and oxygen atoms in total. The second-order valence-electron chi connectivity index (χ2n) is 5.71. The number of rotatable bonds is 9. The van der Waals surface area contributed by atoms with Crippen molar-refractivity contribution in [1.82, 2.24) is 15.0 Å². The zero-order chi connectivity index (χ0) is 22.3. The monoisotopic (exact) mass is 531 g/mol. The van der Waals surface area contributed by atoms with Crippen LogP contribution in [0.3, 0.4) is 0 Å². The molecule has 0 aliphatic rings. The molecule has 0 radical (unpaired) electrons. The Morgan fingerprint density at radius 2 is 2.16 bits per heavy atom. The summed E-state index contributed by atoms with van der Waals surface area (Å²) in [5, 5.41) is 27.1. The molecular weight excluding hydrogens is 517 g/mol. The lowest BCUT2D eigenvalue weighted by Crippen LogP contribution is -2.28. The van der Waals surface area contributed by atoms with Crippen molar-refractivity contribution in [1.29, 1.82) is 0 Å². The van der Waals surface area contributed by atoms with E-state index in [2.05, 4.69) is 55.8 Å². The minimum atomic E-state index is -3.86. The molecule has 1 aromatic carbocycles. The van der Waals surface area contributed by atoms with Crippen LogP contribution >= 0.6 is 27.3 Å². The summed E-state index contributed by atoms with van der Waals surface area (Å²) >= 11 is 4.42. The van der Waals surface area contributed by atoms with Gasteiger partial charge in [-0.15, -0.1) is 11.3 Å². The highest BCUT2D eigenvalue weighted by atomic mass is 79.9. The number of aromatic nitrogens is 2. The van der Waals surface area contributed by atoms with E-state index in [1.54, 1.807) is 12.1 Å². The Balaban J connectivity index is 1.56. The highest BCUT2D eigenvalue weighted by Crippen LogP contribution is 2.21. The number of halogens is 2. The third kappa shape index (κ3) is 6.55. The van der Waals surface area contributed by atoms with Crippen LogP contribution in [0.15, 0.2) is 54.4 Å². The largest absolute Gasteiger partial charge is 0.409 e. The van der Waals surface area contributed by atoms with Crippen molar-refractivity contribution >= 4 is 61.0 Å². The van der Waals surface area contributed by atoms with Crippen LogP contribution in [0.25, 0.3) is 0 Å². The molecule has 0 atom stereocenters. The Bertz CT molecular complexity index is 1180. The van der Waals surface area contributed by atoms with Crippen molar-refractivity contribution in [2.24, 2.45) is 9.55 Å². The molecule has 2 heterocycles. The van der Waals surface area contributed by atoms with E-state index in [-0.39, 0.29) is 34.9 Å². The number of amidine groups is 1. The van der Waals surface area contributed by atoms with Crippen LogP contribution in [0.1, 0.15) is 10.6 Å². The van der Waals surface area contributed by atoms with Gasteiger partial charge in [0.2, 0.25) is 11.7 Å². The lowest BCUT2D eigenvalue weighted by atomic mass is 10.3. The molecule has 3 aromatic rings. The summed E-state index contributed by atoms with van der Waals surface area (Å²) in [6, 6.07) is 7.61. The van der Waals surface area contributed by atoms with Crippen molar-refractivity contribution in [3.05, 3.63) is 56.6 Å². The van der Waals surface area contributed by atoms with Crippen LogP contribution in [0.5, 0.6) is 0 Å². The molecule has 0 fully saturated rings. The maximum atomic E-state index is 13.4. The fourth-order valence-electron chi connectivity index (χ4n) is 2.19. The Labute approximate surface area is 188 Å². The first kappa shape index (κ1) is 22.8. The molecule has 4 N–H and O–H groups in total. The van der Waals surface area contributed by atoms with E-state index >= 15 is 0 Å². The third-order valence-electron chi connectivity index (χ3n) is 3.56. The highest BCUT2D eigenvalue weighted by Gasteiger charge is 2.18. The second-order valence-corrected chi connectivity index (χ2v) is 8.99. The number of nitrogens with one attached hydrogen (secondary N) is 3. The number of hydrogen-bond donors (Lipinski definition) is 4. The normalized spacial score (nSPS) is 12.4. The van der Waals surface area contributed by atoms with Gasteiger partial charge in [0.05, 0.1) is 10.7 Å². The minimum Gasteiger partial charge on any atom is -0.409 e. The van der Waals surface area contributed by atoms with Gasteiger partial charge in [-0.2, -0.15) is 17.5 Å². The molecule has 0 saturated heterocycles. The quantitative estimate of drug-likeness (QED) is 0.108. The van der Waals surface area contributed by atoms with Crippen molar-refractivity contribution in [3.63, 3.8) is 0 Å². The molecule has 0 spiro atoms. The molecule has 15 heteroatoms. The molecule has 164 valence electrons. The Kier molecular flexibility index (Phi) is 7.67. The van der Waals surface area contributed by atoms with Crippen LogP contribution < -0.4 is 15.4 Å². The van der Waals surface area contributed by atoms with Gasteiger partial charge in [-0.05, 0) is 55.9 Å². The summed E-state index contributed by atoms with van der Waals surface area (Å²) < 4.78 is 47.9. The fraction of sp³-hybridized carbons (Fsp3) is 0.125. The number of benzene rings is 1. The van der Waals surface area contributed by atoms with Gasteiger partial charge in [0.1, 0.15) is 5.82 Å². The van der Waals surface area contributed by atoms with Gasteiger partial charge in [-0.3, -0.25) is 0 Å². The van der Waals surface area contributed by atoms with Gasteiger partial charge < -0.3 is 15.8 Å². The van der Waals surface area contributed by atoms with Crippen LogP contribution in [0.4, 0.5) is 15.9 Å². The van der Waals surface area contributed by atoms with E-state index in [1.165, 1.54) is 35.8 Å². The number of nitrogens with zero attached hydrogens (tertiary/aromatic N) is 4. The van der Waals surface area contributed by atoms with Gasteiger partial charge in [0.15, 0.2) is 5.69 Å². The summed E-state index contributed by atoms with van der Waals surface area (Å²) in [7, 11) is -3.86. The number of anilines is 2. The molecule has 0 saturated carbocycles. The molecule has 0 aliphatic carbocycles. The molecular formula is C16H15BrFN7O4S2. The van der Waals surface area contributed by atoms with Crippen LogP contribution in [0, 0.1) is 5.82 Å². The van der Waals surface area contributed by atoms with E-state index in [1.807, 2.05) is 5.38 Å². The highest BCUT2D eigenvalue weighted by molar-refractivity contribution is 9.10. The van der Waals surface area contributed by atoms with Crippen LogP contribution in [0.2, 0.25) is 0 Å². The first-order valence-electron chi connectivity index (χ1n) is 8.47. The van der Waals surface area contributed by atoms with Crippen molar-refractivity contribution in [2.75, 3.05) is 23.7 Å². The molecule has 31 heavy (non-hydrogen) atoms. The van der Waals surface area contributed by atoms with Gasteiger partial charge in [0, 0.05) is 23.7 Å². The Hall–Kier alpha value is -2.88. The predicted octanol–water partition coefficient (Wildman–Crippen LogP) is 2.65. The van der Waals surface area contributed by atoms with E-state index in [0.717, 1.165) is 0 Å². The summed E-state index contributed by atoms with van der Waals surface area (Å²) in [6.45, 7) is 0.0934. The Morgan fingerprint density at radius 1 is 1.32 bits per heavy atom. The topological polar surface area (TPSA) is 154 Å². The predicted molar refractivity (Wildman–Crippen MR) is 118 cm³/mol. The van der Waals surface area contributed by atoms with E-state index in [0.29, 0.717) is 10.6 Å². The summed E-state index contributed by atoms with van der Waals surface area (Å²) in [6.07, 6.45) is 1.25. The SMILES string of the molecule is O=S(=O)(/N=C/c1cccs1)NCCNc1nonc1/C(=N/O)Nc1ccc(F)c(Br)c1. The molecule has 0 unspecified atom stereocenters. The number of oxime groups is 1.